The maximum Gasteiger partial charge on any atom is 0.342 e. The first-order valence-electron chi connectivity index (χ1n) is 6.91. The average Bonchev–Trinajstić information content (AvgIpc) is 2.82. The molecule has 0 radical (unpaired) electrons. The summed E-state index contributed by atoms with van der Waals surface area (Å²) < 4.78 is 11.7. The maximum absolute atomic E-state index is 12.2. The molecule has 0 saturated carbocycles. The lowest BCUT2D eigenvalue weighted by molar-refractivity contribution is 0.00704. The lowest BCUT2D eigenvalue weighted by Crippen LogP contribution is -2.24. The molecule has 22 heavy (non-hydrogen) atoms. The van der Waals surface area contributed by atoms with E-state index in [-0.39, 0.29) is 23.4 Å². The van der Waals surface area contributed by atoms with Gasteiger partial charge in [0.15, 0.2) is 0 Å². The fourth-order valence-corrected chi connectivity index (χ4v) is 1.98. The van der Waals surface area contributed by atoms with E-state index < -0.39 is 17.5 Å². The van der Waals surface area contributed by atoms with E-state index in [9.17, 15) is 9.59 Å². The van der Waals surface area contributed by atoms with Crippen LogP contribution in [0.1, 0.15) is 48.4 Å². The van der Waals surface area contributed by atoms with Crippen LogP contribution in [0.15, 0.2) is 18.5 Å². The number of carbonyl (C=O) groups is 2. The van der Waals surface area contributed by atoms with Gasteiger partial charge in [-0.25, -0.2) is 14.1 Å². The summed E-state index contributed by atoms with van der Waals surface area (Å²) in [6.45, 7) is 7.24. The Kier molecular flexibility index (Phi) is 4.07. The van der Waals surface area contributed by atoms with Crippen molar-refractivity contribution in [2.45, 2.75) is 33.3 Å². The van der Waals surface area contributed by atoms with Gasteiger partial charge in [-0.15, -0.1) is 0 Å². The maximum atomic E-state index is 12.2. The van der Waals surface area contributed by atoms with Gasteiger partial charge >= 0.3 is 11.9 Å². The van der Waals surface area contributed by atoms with Crippen LogP contribution in [0.3, 0.4) is 0 Å². The second kappa shape index (κ2) is 5.67. The number of hydrogen-bond donors (Lipinski definition) is 1. The van der Waals surface area contributed by atoms with E-state index in [4.69, 9.17) is 15.2 Å². The van der Waals surface area contributed by atoms with Gasteiger partial charge in [0.25, 0.3) is 0 Å². The minimum Gasteiger partial charge on any atom is -0.462 e. The standard InChI is InChI=1S/C15H19N3O4/c1-5-21-13(19)10-8-17-18-7-6-9(11(16)12(10)18)14(20)22-15(2,3)4/h6-8H,5,16H2,1-4H3. The molecule has 0 saturated heterocycles. The van der Waals surface area contributed by atoms with E-state index in [2.05, 4.69) is 5.10 Å². The van der Waals surface area contributed by atoms with E-state index in [0.29, 0.717) is 5.52 Å². The third kappa shape index (κ3) is 3.03. The summed E-state index contributed by atoms with van der Waals surface area (Å²) in [6, 6.07) is 1.51. The number of aromatic nitrogens is 2. The highest BCUT2D eigenvalue weighted by Gasteiger charge is 2.24. The lowest BCUT2D eigenvalue weighted by Gasteiger charge is -2.20. The molecule has 118 valence electrons. The van der Waals surface area contributed by atoms with Crippen molar-refractivity contribution in [2.75, 3.05) is 12.3 Å². The lowest BCUT2D eigenvalue weighted by atomic mass is 10.1. The predicted molar refractivity (Wildman–Crippen MR) is 80.7 cm³/mol. The van der Waals surface area contributed by atoms with Crippen molar-refractivity contribution in [2.24, 2.45) is 0 Å². The van der Waals surface area contributed by atoms with Crippen LogP contribution in [-0.2, 0) is 9.47 Å². The van der Waals surface area contributed by atoms with Crippen LogP contribution in [0.5, 0.6) is 0 Å². The first kappa shape index (κ1) is 15.8. The summed E-state index contributed by atoms with van der Waals surface area (Å²) in [7, 11) is 0. The van der Waals surface area contributed by atoms with Crippen LogP contribution >= 0.6 is 0 Å². The van der Waals surface area contributed by atoms with Crippen LogP contribution < -0.4 is 5.73 Å². The van der Waals surface area contributed by atoms with Crippen LogP contribution in [-0.4, -0.2) is 33.8 Å². The Morgan fingerprint density at radius 3 is 2.55 bits per heavy atom. The number of anilines is 1. The predicted octanol–water partition coefficient (Wildman–Crippen LogP) is 2.05. The Balaban J connectivity index is 2.51. The number of esters is 2. The van der Waals surface area contributed by atoms with Crippen molar-refractivity contribution < 1.29 is 19.1 Å². The van der Waals surface area contributed by atoms with Crippen molar-refractivity contribution in [1.82, 2.24) is 9.61 Å². The number of nitrogen functional groups attached to an aromatic ring is 1. The van der Waals surface area contributed by atoms with Gasteiger partial charge in [0.2, 0.25) is 0 Å². The fourth-order valence-electron chi connectivity index (χ4n) is 1.98. The quantitative estimate of drug-likeness (QED) is 0.872. The number of hydrogen-bond acceptors (Lipinski definition) is 6. The van der Waals surface area contributed by atoms with E-state index >= 15 is 0 Å². The average molecular weight is 305 g/mol. The van der Waals surface area contributed by atoms with E-state index in [1.165, 1.54) is 16.8 Å². The highest BCUT2D eigenvalue weighted by molar-refractivity contribution is 6.05. The molecule has 0 aromatic carbocycles. The zero-order valence-electron chi connectivity index (χ0n) is 13.0. The minimum atomic E-state index is -0.639. The normalized spacial score (nSPS) is 11.5. The van der Waals surface area contributed by atoms with Gasteiger partial charge in [0, 0.05) is 6.20 Å². The molecule has 0 aliphatic heterocycles. The summed E-state index contributed by atoms with van der Waals surface area (Å²) >= 11 is 0. The number of rotatable bonds is 3. The van der Waals surface area contributed by atoms with Gasteiger partial charge in [-0.05, 0) is 33.8 Å². The van der Waals surface area contributed by atoms with Gasteiger partial charge in [-0.2, -0.15) is 5.10 Å². The number of ether oxygens (including phenoxy) is 2. The molecule has 0 unspecified atom stereocenters. The minimum absolute atomic E-state index is 0.136. The molecular weight excluding hydrogens is 286 g/mol. The molecule has 7 nitrogen and oxygen atoms in total. The second-order valence-electron chi connectivity index (χ2n) is 5.72. The molecule has 0 spiro atoms. The first-order valence-corrected chi connectivity index (χ1v) is 6.91. The summed E-state index contributed by atoms with van der Waals surface area (Å²) in [5.41, 5.74) is 6.28. The first-order chi connectivity index (χ1) is 10.2. The zero-order chi connectivity index (χ0) is 16.5. The van der Waals surface area contributed by atoms with Crippen molar-refractivity contribution in [3.05, 3.63) is 29.6 Å². The van der Waals surface area contributed by atoms with Crippen molar-refractivity contribution in [1.29, 1.82) is 0 Å². The molecule has 0 amide bonds. The molecule has 0 aliphatic rings. The molecule has 2 rings (SSSR count). The molecule has 2 aromatic heterocycles. The molecule has 0 bridgehead atoms. The zero-order valence-corrected chi connectivity index (χ0v) is 13.0. The van der Waals surface area contributed by atoms with Crippen molar-refractivity contribution >= 4 is 23.1 Å². The number of nitrogens with zero attached hydrogens (tertiary/aromatic N) is 2. The Morgan fingerprint density at radius 1 is 1.27 bits per heavy atom. The van der Waals surface area contributed by atoms with E-state index in [1.54, 1.807) is 33.9 Å². The molecule has 2 aromatic rings. The van der Waals surface area contributed by atoms with Gasteiger partial charge < -0.3 is 15.2 Å². The Morgan fingerprint density at radius 2 is 1.95 bits per heavy atom. The highest BCUT2D eigenvalue weighted by atomic mass is 16.6. The van der Waals surface area contributed by atoms with Crippen LogP contribution in [0.25, 0.3) is 5.52 Å². The summed E-state index contributed by atoms with van der Waals surface area (Å²) in [5.74, 6) is -1.09. The SMILES string of the molecule is CCOC(=O)c1cnn2ccc(C(=O)OC(C)(C)C)c(N)c12. The van der Waals surface area contributed by atoms with Crippen LogP contribution in [0.4, 0.5) is 5.69 Å². The summed E-state index contributed by atoms with van der Waals surface area (Å²) in [5, 5.41) is 4.04. The van der Waals surface area contributed by atoms with Crippen molar-refractivity contribution in [3.8, 4) is 0 Å². The summed E-state index contributed by atoms with van der Waals surface area (Å²) in [6.07, 6.45) is 2.91. The Labute approximate surface area is 128 Å². The highest BCUT2D eigenvalue weighted by Crippen LogP contribution is 2.25. The number of fused-ring (bicyclic) bond motifs is 1. The third-order valence-electron chi connectivity index (χ3n) is 2.84. The number of carbonyl (C=O) groups excluding carboxylic acids is 2. The smallest absolute Gasteiger partial charge is 0.342 e. The van der Waals surface area contributed by atoms with Gasteiger partial charge in [0.05, 0.1) is 24.1 Å². The molecule has 0 atom stereocenters. The second-order valence-corrected chi connectivity index (χ2v) is 5.72. The van der Waals surface area contributed by atoms with Crippen LogP contribution in [0.2, 0.25) is 0 Å². The summed E-state index contributed by atoms with van der Waals surface area (Å²) in [4.78, 5) is 24.1. The molecular formula is C15H19N3O4. The fraction of sp³-hybridized carbons (Fsp3) is 0.400. The molecule has 0 aliphatic carbocycles. The Hall–Kier alpha value is -2.57. The number of pyridine rings is 1. The number of nitrogens with two attached hydrogens (primary N) is 1. The van der Waals surface area contributed by atoms with E-state index in [1.807, 2.05) is 0 Å². The van der Waals surface area contributed by atoms with Gasteiger partial charge in [-0.1, -0.05) is 0 Å². The van der Waals surface area contributed by atoms with Gasteiger partial charge in [-0.3, -0.25) is 0 Å². The monoisotopic (exact) mass is 305 g/mol. The molecule has 0 fully saturated rings. The van der Waals surface area contributed by atoms with Crippen molar-refractivity contribution in [3.63, 3.8) is 0 Å². The topological polar surface area (TPSA) is 95.9 Å². The molecule has 7 heteroatoms. The third-order valence-corrected chi connectivity index (χ3v) is 2.84. The largest absolute Gasteiger partial charge is 0.462 e. The molecule has 2 heterocycles. The van der Waals surface area contributed by atoms with E-state index in [0.717, 1.165) is 0 Å². The van der Waals surface area contributed by atoms with Crippen LogP contribution in [0, 0.1) is 0 Å². The van der Waals surface area contributed by atoms with Gasteiger partial charge in [0.1, 0.15) is 16.7 Å². The molecule has 2 N–H and O–H groups in total. The Bertz CT molecular complexity index is 728.